The van der Waals surface area contributed by atoms with Crippen molar-refractivity contribution < 1.29 is 18.7 Å². The summed E-state index contributed by atoms with van der Waals surface area (Å²) < 4.78 is 18.5. The Labute approximate surface area is 159 Å². The van der Waals surface area contributed by atoms with Crippen LogP contribution in [0, 0.1) is 12.7 Å². The highest BCUT2D eigenvalue weighted by Crippen LogP contribution is 2.40. The molecule has 0 saturated heterocycles. The molecule has 2 aromatic heterocycles. The minimum atomic E-state index is -0.539. The number of benzene rings is 1. The van der Waals surface area contributed by atoms with Crippen molar-refractivity contribution in [2.75, 3.05) is 11.9 Å². The first-order valence-electron chi connectivity index (χ1n) is 8.29. The van der Waals surface area contributed by atoms with E-state index in [1.165, 1.54) is 29.7 Å². The number of esters is 1. The van der Waals surface area contributed by atoms with Gasteiger partial charge in [-0.15, -0.1) is 11.3 Å². The molecule has 0 spiro atoms. The first-order valence-corrected chi connectivity index (χ1v) is 9.10. The van der Waals surface area contributed by atoms with Crippen LogP contribution in [-0.4, -0.2) is 23.5 Å². The number of carbonyl (C=O) groups excluding carboxylic acids is 2. The van der Waals surface area contributed by atoms with E-state index < -0.39 is 5.97 Å². The van der Waals surface area contributed by atoms with Gasteiger partial charge in [0.1, 0.15) is 16.4 Å². The summed E-state index contributed by atoms with van der Waals surface area (Å²) >= 11 is 1.27. The number of nitrogens with zero attached hydrogens (tertiary/aromatic N) is 1. The van der Waals surface area contributed by atoms with Gasteiger partial charge in [-0.25, -0.2) is 9.18 Å². The molecule has 1 amide bonds. The molecule has 0 aliphatic rings. The number of nitrogens with one attached hydrogen (secondary N) is 1. The first kappa shape index (κ1) is 18.7. The van der Waals surface area contributed by atoms with Gasteiger partial charge in [0.2, 0.25) is 0 Å². The SMILES string of the molecule is CCOC(=O)c1c(NC(=O)c2cccnc2)sc(C)c1-c1ccc(F)cc1. The van der Waals surface area contributed by atoms with Crippen LogP contribution in [0.15, 0.2) is 48.8 Å². The van der Waals surface area contributed by atoms with Gasteiger partial charge in [-0.05, 0) is 43.7 Å². The van der Waals surface area contributed by atoms with Crippen molar-refractivity contribution in [3.8, 4) is 11.1 Å². The third-order valence-corrected chi connectivity index (χ3v) is 4.87. The van der Waals surface area contributed by atoms with Crippen LogP contribution in [0.25, 0.3) is 11.1 Å². The van der Waals surface area contributed by atoms with Crippen molar-refractivity contribution >= 4 is 28.2 Å². The van der Waals surface area contributed by atoms with Crippen LogP contribution in [0.5, 0.6) is 0 Å². The number of aromatic nitrogens is 1. The molecule has 0 saturated carbocycles. The van der Waals surface area contributed by atoms with Crippen LogP contribution < -0.4 is 5.32 Å². The molecule has 0 radical (unpaired) electrons. The number of carbonyl (C=O) groups is 2. The van der Waals surface area contributed by atoms with Crippen LogP contribution in [0.4, 0.5) is 9.39 Å². The number of halogens is 1. The summed E-state index contributed by atoms with van der Waals surface area (Å²) in [7, 11) is 0. The molecule has 0 bridgehead atoms. The molecule has 5 nitrogen and oxygen atoms in total. The normalized spacial score (nSPS) is 10.5. The van der Waals surface area contributed by atoms with Gasteiger partial charge in [-0.1, -0.05) is 12.1 Å². The molecule has 27 heavy (non-hydrogen) atoms. The zero-order valence-corrected chi connectivity index (χ0v) is 15.6. The Morgan fingerprint density at radius 3 is 2.59 bits per heavy atom. The van der Waals surface area contributed by atoms with E-state index in [4.69, 9.17) is 4.74 Å². The lowest BCUT2D eigenvalue weighted by molar-refractivity contribution is 0.0529. The Bertz CT molecular complexity index is 969. The van der Waals surface area contributed by atoms with E-state index in [0.717, 1.165) is 4.88 Å². The number of hydrogen-bond donors (Lipinski definition) is 1. The lowest BCUT2D eigenvalue weighted by atomic mass is 10.0. The summed E-state index contributed by atoms with van der Waals surface area (Å²) in [5.41, 5.74) is 1.94. The van der Waals surface area contributed by atoms with Crippen LogP contribution >= 0.6 is 11.3 Å². The van der Waals surface area contributed by atoms with Gasteiger partial charge in [-0.2, -0.15) is 0 Å². The van der Waals surface area contributed by atoms with Gasteiger partial charge in [0.05, 0.1) is 12.2 Å². The highest BCUT2D eigenvalue weighted by Gasteiger charge is 2.25. The van der Waals surface area contributed by atoms with Gasteiger partial charge in [0.15, 0.2) is 0 Å². The molecule has 1 aromatic carbocycles. The quantitative estimate of drug-likeness (QED) is 0.648. The lowest BCUT2D eigenvalue weighted by Gasteiger charge is -2.09. The number of hydrogen-bond acceptors (Lipinski definition) is 5. The van der Waals surface area contributed by atoms with Crippen molar-refractivity contribution in [2.45, 2.75) is 13.8 Å². The van der Waals surface area contributed by atoms with Crippen LogP contribution in [0.3, 0.4) is 0 Å². The Morgan fingerprint density at radius 2 is 1.96 bits per heavy atom. The second kappa shape index (κ2) is 8.09. The number of aryl methyl sites for hydroxylation is 1. The maximum Gasteiger partial charge on any atom is 0.341 e. The maximum atomic E-state index is 13.3. The number of ether oxygens (including phenoxy) is 1. The number of pyridine rings is 1. The largest absolute Gasteiger partial charge is 0.462 e. The van der Waals surface area contributed by atoms with Crippen LogP contribution in [-0.2, 0) is 4.74 Å². The minimum Gasteiger partial charge on any atom is -0.462 e. The smallest absolute Gasteiger partial charge is 0.341 e. The predicted molar refractivity (Wildman–Crippen MR) is 103 cm³/mol. The van der Waals surface area contributed by atoms with Gasteiger partial charge in [0, 0.05) is 22.8 Å². The Hall–Kier alpha value is -3.06. The Kier molecular flexibility index (Phi) is 5.61. The fraction of sp³-hybridized carbons (Fsp3) is 0.150. The molecule has 0 unspecified atom stereocenters. The highest BCUT2D eigenvalue weighted by atomic mass is 32.1. The summed E-state index contributed by atoms with van der Waals surface area (Å²) in [5.74, 6) is -1.28. The molecule has 3 aromatic rings. The Balaban J connectivity index is 2.06. The molecule has 138 valence electrons. The maximum absolute atomic E-state index is 13.3. The van der Waals surface area contributed by atoms with Crippen molar-refractivity contribution in [3.05, 3.63) is 70.6 Å². The lowest BCUT2D eigenvalue weighted by Crippen LogP contribution is -2.15. The van der Waals surface area contributed by atoms with E-state index in [1.54, 1.807) is 37.4 Å². The molecule has 0 aliphatic heterocycles. The summed E-state index contributed by atoms with van der Waals surface area (Å²) in [6.45, 7) is 3.75. The summed E-state index contributed by atoms with van der Waals surface area (Å²) in [4.78, 5) is 29.8. The van der Waals surface area contributed by atoms with E-state index in [1.807, 2.05) is 6.92 Å². The predicted octanol–water partition coefficient (Wildman–Crippen LogP) is 4.69. The molecule has 0 atom stereocenters. The fourth-order valence-electron chi connectivity index (χ4n) is 2.67. The average molecular weight is 384 g/mol. The van der Waals surface area contributed by atoms with Gasteiger partial charge < -0.3 is 10.1 Å². The van der Waals surface area contributed by atoms with Gasteiger partial charge >= 0.3 is 5.97 Å². The van der Waals surface area contributed by atoms with Crippen LogP contribution in [0.2, 0.25) is 0 Å². The average Bonchev–Trinajstić information content (AvgIpc) is 2.99. The van der Waals surface area contributed by atoms with Gasteiger partial charge in [-0.3, -0.25) is 9.78 Å². The molecule has 1 N–H and O–H groups in total. The molecule has 3 rings (SSSR count). The van der Waals surface area contributed by atoms with E-state index in [0.29, 0.717) is 21.7 Å². The number of rotatable bonds is 5. The number of amides is 1. The monoisotopic (exact) mass is 384 g/mol. The molecular formula is C20H17FN2O3S. The fourth-order valence-corrected chi connectivity index (χ4v) is 3.73. The van der Waals surface area contributed by atoms with Crippen molar-refractivity contribution in [2.24, 2.45) is 0 Å². The second-order valence-corrected chi connectivity index (χ2v) is 6.89. The summed E-state index contributed by atoms with van der Waals surface area (Å²) in [6, 6.07) is 9.14. The third-order valence-electron chi connectivity index (χ3n) is 3.85. The zero-order valence-electron chi connectivity index (χ0n) is 14.8. The molecule has 7 heteroatoms. The number of thiophene rings is 1. The number of anilines is 1. The highest BCUT2D eigenvalue weighted by molar-refractivity contribution is 7.17. The van der Waals surface area contributed by atoms with E-state index in [9.17, 15) is 14.0 Å². The minimum absolute atomic E-state index is 0.201. The van der Waals surface area contributed by atoms with E-state index in [-0.39, 0.29) is 23.9 Å². The molecule has 0 fully saturated rings. The van der Waals surface area contributed by atoms with Crippen LogP contribution in [0.1, 0.15) is 32.5 Å². The van der Waals surface area contributed by atoms with Crippen molar-refractivity contribution in [1.82, 2.24) is 4.98 Å². The summed E-state index contributed by atoms with van der Waals surface area (Å²) in [5, 5.41) is 3.16. The van der Waals surface area contributed by atoms with Crippen molar-refractivity contribution in [1.29, 1.82) is 0 Å². The van der Waals surface area contributed by atoms with Crippen molar-refractivity contribution in [3.63, 3.8) is 0 Å². The topological polar surface area (TPSA) is 68.3 Å². The zero-order chi connectivity index (χ0) is 19.4. The second-order valence-electron chi connectivity index (χ2n) is 5.66. The summed E-state index contributed by atoms with van der Waals surface area (Å²) in [6.07, 6.45) is 3.02. The molecule has 0 aliphatic carbocycles. The first-order chi connectivity index (χ1) is 13.0. The third kappa shape index (κ3) is 4.03. The molecular weight excluding hydrogens is 367 g/mol. The standard InChI is InChI=1S/C20H17FN2O3S/c1-3-26-20(25)17-16(13-6-8-15(21)9-7-13)12(2)27-19(17)23-18(24)14-5-4-10-22-11-14/h4-11H,3H2,1-2H3,(H,23,24). The van der Waals surface area contributed by atoms with Gasteiger partial charge in [0.25, 0.3) is 5.91 Å². The van der Waals surface area contributed by atoms with E-state index >= 15 is 0 Å². The molecule has 2 heterocycles. The van der Waals surface area contributed by atoms with E-state index in [2.05, 4.69) is 10.3 Å². The Morgan fingerprint density at radius 1 is 1.22 bits per heavy atom.